The third-order valence-electron chi connectivity index (χ3n) is 4.58. The summed E-state index contributed by atoms with van der Waals surface area (Å²) in [5.74, 6) is 0.701. The van der Waals surface area contributed by atoms with Gasteiger partial charge < -0.3 is 20.1 Å². The zero-order valence-electron chi connectivity index (χ0n) is 16.1. The van der Waals surface area contributed by atoms with Crippen LogP contribution in [0.1, 0.15) is 40.9 Å². The number of benzene rings is 1. The van der Waals surface area contributed by atoms with Crippen molar-refractivity contribution in [3.8, 4) is 11.5 Å². The fraction of sp³-hybridized carbons (Fsp3) is 0.286. The molecule has 1 aromatic carbocycles. The molecule has 2 N–H and O–H groups in total. The summed E-state index contributed by atoms with van der Waals surface area (Å²) in [6.45, 7) is 3.59. The van der Waals surface area contributed by atoms with Crippen LogP contribution in [0.2, 0.25) is 0 Å². The van der Waals surface area contributed by atoms with E-state index in [1.807, 2.05) is 0 Å². The number of ether oxygens (including phenoxy) is 2. The van der Waals surface area contributed by atoms with E-state index in [-0.39, 0.29) is 17.4 Å². The molecule has 0 radical (unpaired) electrons. The molecule has 0 aliphatic carbocycles. The number of anilines is 1. The van der Waals surface area contributed by atoms with Crippen LogP contribution in [0.5, 0.6) is 11.5 Å². The van der Waals surface area contributed by atoms with Crippen molar-refractivity contribution in [1.29, 1.82) is 0 Å². The van der Waals surface area contributed by atoms with Crippen molar-refractivity contribution in [3.05, 3.63) is 54.1 Å². The molecule has 1 aliphatic heterocycles. The van der Waals surface area contributed by atoms with Crippen LogP contribution in [0.3, 0.4) is 0 Å². The summed E-state index contributed by atoms with van der Waals surface area (Å²) >= 11 is 0. The van der Waals surface area contributed by atoms with Gasteiger partial charge in [-0.05, 0) is 30.7 Å². The molecular formula is C21H22N4O4. The van der Waals surface area contributed by atoms with Crippen molar-refractivity contribution in [1.82, 2.24) is 14.7 Å². The van der Waals surface area contributed by atoms with Crippen LogP contribution in [-0.4, -0.2) is 41.0 Å². The van der Waals surface area contributed by atoms with Crippen LogP contribution in [0, 0.1) is 0 Å². The van der Waals surface area contributed by atoms with Crippen LogP contribution in [0.25, 0.3) is 5.52 Å². The molecule has 4 rings (SSSR count). The van der Waals surface area contributed by atoms with E-state index < -0.39 is 5.91 Å². The Labute approximate surface area is 167 Å². The zero-order chi connectivity index (χ0) is 20.2. The number of imidazole rings is 1. The van der Waals surface area contributed by atoms with Crippen molar-refractivity contribution < 1.29 is 19.1 Å². The second-order valence-electron chi connectivity index (χ2n) is 6.66. The van der Waals surface area contributed by atoms with E-state index in [9.17, 15) is 9.59 Å². The Balaban J connectivity index is 1.60. The lowest BCUT2D eigenvalue weighted by atomic mass is 10.2. The smallest absolute Gasteiger partial charge is 0.287 e. The molecule has 0 fully saturated rings. The van der Waals surface area contributed by atoms with Gasteiger partial charge in [-0.3, -0.25) is 14.0 Å². The molecule has 1 aliphatic rings. The summed E-state index contributed by atoms with van der Waals surface area (Å²) in [6.07, 6.45) is 3.58. The fourth-order valence-corrected chi connectivity index (χ4v) is 3.13. The average molecular weight is 394 g/mol. The summed E-state index contributed by atoms with van der Waals surface area (Å²) in [5.41, 5.74) is 1.30. The van der Waals surface area contributed by atoms with Crippen molar-refractivity contribution in [2.45, 2.75) is 19.8 Å². The van der Waals surface area contributed by atoms with Crippen molar-refractivity contribution in [3.63, 3.8) is 0 Å². The van der Waals surface area contributed by atoms with Crippen molar-refractivity contribution in [2.24, 2.45) is 0 Å². The Hall–Kier alpha value is -3.55. The number of pyridine rings is 1. The number of unbranched alkanes of at least 4 members (excludes halogenated alkanes) is 1. The molecule has 3 heterocycles. The number of nitrogens with one attached hydrogen (secondary N) is 2. The van der Waals surface area contributed by atoms with Gasteiger partial charge in [-0.25, -0.2) is 4.98 Å². The van der Waals surface area contributed by atoms with E-state index in [0.717, 1.165) is 12.8 Å². The first-order valence-corrected chi connectivity index (χ1v) is 9.63. The predicted octanol–water partition coefficient (Wildman–Crippen LogP) is 2.89. The Morgan fingerprint density at radius 2 is 1.93 bits per heavy atom. The quantitative estimate of drug-likeness (QED) is 0.627. The van der Waals surface area contributed by atoms with Gasteiger partial charge in [-0.15, -0.1) is 0 Å². The highest BCUT2D eigenvalue weighted by atomic mass is 16.6. The first-order valence-electron chi connectivity index (χ1n) is 9.63. The normalized spacial score (nSPS) is 12.6. The molecule has 0 saturated heterocycles. The Morgan fingerprint density at radius 1 is 1.10 bits per heavy atom. The topological polar surface area (TPSA) is 94.0 Å². The lowest BCUT2D eigenvalue weighted by molar-refractivity contribution is 0.0942. The van der Waals surface area contributed by atoms with Crippen LogP contribution in [0.15, 0.2) is 42.6 Å². The van der Waals surface area contributed by atoms with E-state index in [1.165, 1.54) is 0 Å². The predicted molar refractivity (Wildman–Crippen MR) is 108 cm³/mol. The van der Waals surface area contributed by atoms with Crippen LogP contribution in [0.4, 0.5) is 5.69 Å². The lowest BCUT2D eigenvalue weighted by Gasteiger charge is -2.18. The fourth-order valence-electron chi connectivity index (χ4n) is 3.13. The standard InChI is InChI=1S/C21H22N4O4/c1-2-3-9-22-21(27)19-24-18(15-6-4-5-10-25(15)19)20(26)23-14-7-8-16-17(13-14)29-12-11-28-16/h4-8,10,13H,2-3,9,11-12H2,1H3,(H,22,27)(H,23,26). The number of hydrogen-bond donors (Lipinski definition) is 2. The Kier molecular flexibility index (Phi) is 5.33. The van der Waals surface area contributed by atoms with E-state index in [2.05, 4.69) is 22.5 Å². The van der Waals surface area contributed by atoms with Crippen LogP contribution < -0.4 is 20.1 Å². The van der Waals surface area contributed by atoms with Gasteiger partial charge in [0, 0.05) is 24.5 Å². The number of aromatic nitrogens is 2. The molecule has 2 aromatic heterocycles. The second-order valence-corrected chi connectivity index (χ2v) is 6.66. The maximum atomic E-state index is 12.9. The number of amides is 2. The molecule has 0 atom stereocenters. The van der Waals surface area contributed by atoms with E-state index in [0.29, 0.717) is 42.5 Å². The average Bonchev–Trinajstić information content (AvgIpc) is 3.14. The molecule has 8 heteroatoms. The van der Waals surface area contributed by atoms with Gasteiger partial charge in [0.25, 0.3) is 11.8 Å². The Bertz CT molecular complexity index is 1060. The summed E-state index contributed by atoms with van der Waals surface area (Å²) in [7, 11) is 0. The molecule has 0 saturated carbocycles. The SMILES string of the molecule is CCCCNC(=O)c1nc(C(=O)Nc2ccc3c(c2)OCCO3)c2ccccn12. The van der Waals surface area contributed by atoms with Crippen LogP contribution in [-0.2, 0) is 0 Å². The van der Waals surface area contributed by atoms with Gasteiger partial charge in [0.1, 0.15) is 13.2 Å². The number of carbonyl (C=O) groups excluding carboxylic acids is 2. The maximum absolute atomic E-state index is 12.9. The summed E-state index contributed by atoms with van der Waals surface area (Å²) in [5, 5.41) is 5.67. The third-order valence-corrected chi connectivity index (χ3v) is 4.58. The minimum absolute atomic E-state index is 0.182. The number of rotatable bonds is 6. The van der Waals surface area contributed by atoms with Crippen molar-refractivity contribution in [2.75, 3.05) is 25.1 Å². The molecular weight excluding hydrogens is 372 g/mol. The van der Waals surface area contributed by atoms with Gasteiger partial charge >= 0.3 is 0 Å². The second kappa shape index (κ2) is 8.22. The molecule has 29 heavy (non-hydrogen) atoms. The van der Waals surface area contributed by atoms with Gasteiger partial charge in [-0.1, -0.05) is 19.4 Å². The zero-order valence-corrected chi connectivity index (χ0v) is 16.1. The van der Waals surface area contributed by atoms with E-state index >= 15 is 0 Å². The third kappa shape index (κ3) is 3.87. The highest BCUT2D eigenvalue weighted by Crippen LogP contribution is 2.32. The number of carbonyl (C=O) groups is 2. The first-order chi connectivity index (χ1) is 14.2. The lowest BCUT2D eigenvalue weighted by Crippen LogP contribution is -2.26. The number of hydrogen-bond acceptors (Lipinski definition) is 5. The minimum atomic E-state index is -0.405. The van der Waals surface area contributed by atoms with E-state index in [4.69, 9.17) is 9.47 Å². The largest absolute Gasteiger partial charge is 0.486 e. The Morgan fingerprint density at radius 3 is 2.76 bits per heavy atom. The minimum Gasteiger partial charge on any atom is -0.486 e. The highest BCUT2D eigenvalue weighted by Gasteiger charge is 2.22. The highest BCUT2D eigenvalue weighted by molar-refractivity contribution is 6.09. The number of fused-ring (bicyclic) bond motifs is 2. The maximum Gasteiger partial charge on any atom is 0.287 e. The van der Waals surface area contributed by atoms with E-state index in [1.54, 1.807) is 47.0 Å². The molecule has 3 aromatic rings. The summed E-state index contributed by atoms with van der Waals surface area (Å²) in [4.78, 5) is 29.8. The summed E-state index contributed by atoms with van der Waals surface area (Å²) < 4.78 is 12.7. The van der Waals surface area contributed by atoms with Gasteiger partial charge in [-0.2, -0.15) is 0 Å². The molecule has 0 bridgehead atoms. The van der Waals surface area contributed by atoms with Crippen LogP contribution >= 0.6 is 0 Å². The molecule has 150 valence electrons. The molecule has 8 nitrogen and oxygen atoms in total. The first kappa shape index (κ1) is 18.8. The molecule has 2 amide bonds. The molecule has 0 unspecified atom stereocenters. The van der Waals surface area contributed by atoms with Gasteiger partial charge in [0.05, 0.1) is 5.52 Å². The summed E-state index contributed by atoms with van der Waals surface area (Å²) in [6, 6.07) is 10.6. The number of nitrogens with zero attached hydrogens (tertiary/aromatic N) is 2. The molecule has 0 spiro atoms. The van der Waals surface area contributed by atoms with Crippen molar-refractivity contribution >= 4 is 23.0 Å². The monoisotopic (exact) mass is 394 g/mol. The van der Waals surface area contributed by atoms with Gasteiger partial charge in [0.2, 0.25) is 5.82 Å². The van der Waals surface area contributed by atoms with Gasteiger partial charge in [0.15, 0.2) is 17.2 Å².